The summed E-state index contributed by atoms with van der Waals surface area (Å²) in [6.45, 7) is 4.74. The van der Waals surface area contributed by atoms with Crippen molar-refractivity contribution >= 4 is 22.5 Å². The Kier molecular flexibility index (Phi) is 5.81. The molecule has 0 N–H and O–H groups in total. The van der Waals surface area contributed by atoms with Gasteiger partial charge in [-0.25, -0.2) is 4.98 Å². The van der Waals surface area contributed by atoms with Crippen LogP contribution in [-0.2, 0) is 9.53 Å². The fourth-order valence-electron chi connectivity index (χ4n) is 6.25. The number of ether oxygens (including phenoxy) is 1. The number of pyridine rings is 2. The summed E-state index contributed by atoms with van der Waals surface area (Å²) in [7, 11) is 0. The molecule has 194 valence electrons. The molecule has 38 heavy (non-hydrogen) atoms. The van der Waals surface area contributed by atoms with E-state index in [4.69, 9.17) is 9.72 Å². The van der Waals surface area contributed by atoms with Crippen LogP contribution >= 0.6 is 0 Å². The minimum Gasteiger partial charge on any atom is -0.378 e. The number of fused-ring (bicyclic) bond motifs is 1. The summed E-state index contributed by atoms with van der Waals surface area (Å²) < 4.78 is 5.73. The van der Waals surface area contributed by atoms with E-state index in [0.29, 0.717) is 37.1 Å². The van der Waals surface area contributed by atoms with E-state index in [1.54, 1.807) is 0 Å². The third-order valence-corrected chi connectivity index (χ3v) is 8.70. The van der Waals surface area contributed by atoms with Crippen molar-refractivity contribution in [2.75, 3.05) is 31.1 Å². The van der Waals surface area contributed by atoms with Crippen molar-refractivity contribution in [1.82, 2.24) is 14.9 Å². The second-order valence-electron chi connectivity index (χ2n) is 11.3. The van der Waals surface area contributed by atoms with E-state index in [-0.39, 0.29) is 24.0 Å². The second-order valence-corrected chi connectivity index (χ2v) is 11.3. The van der Waals surface area contributed by atoms with Gasteiger partial charge in [-0.2, -0.15) is 5.26 Å². The molecule has 4 fully saturated rings. The van der Waals surface area contributed by atoms with Gasteiger partial charge in [0, 0.05) is 61.2 Å². The van der Waals surface area contributed by atoms with E-state index in [1.807, 2.05) is 31.5 Å². The molecule has 0 radical (unpaired) electrons. The lowest BCUT2D eigenvalue weighted by molar-refractivity contribution is -0.136. The van der Waals surface area contributed by atoms with E-state index in [0.717, 1.165) is 72.1 Å². The van der Waals surface area contributed by atoms with Crippen molar-refractivity contribution < 1.29 is 9.53 Å². The maximum absolute atomic E-state index is 13.4. The molecule has 7 rings (SSSR count). The molecule has 4 aliphatic rings. The SMILES string of the molecule is CCO[C@H]1C[C@@H]1C(=O)N1CCN(c2nc(C3CC3)cc(-c3cccc4cnccc34)c2C#N)CC1C1CC1. The Balaban J connectivity index is 1.25. The van der Waals surface area contributed by atoms with Crippen molar-refractivity contribution in [3.05, 3.63) is 54.0 Å². The van der Waals surface area contributed by atoms with E-state index in [1.165, 1.54) is 0 Å². The highest BCUT2D eigenvalue weighted by Crippen LogP contribution is 2.45. The van der Waals surface area contributed by atoms with Crippen LogP contribution in [0.3, 0.4) is 0 Å². The first-order valence-electron chi connectivity index (χ1n) is 14.1. The van der Waals surface area contributed by atoms with Crippen LogP contribution in [0.4, 0.5) is 5.82 Å². The Morgan fingerprint density at radius 3 is 2.79 bits per heavy atom. The quantitative estimate of drug-likeness (QED) is 0.453. The standard InChI is InChI=1S/C31H33N5O2/c1-2-38-29-15-25(29)31(37)36-13-12-35(18-28(36)20-8-9-20)30-26(16-32)24(14-27(34-30)19-6-7-19)23-5-3-4-21-17-33-11-10-22(21)23/h3-5,10-11,14,17,19-20,25,28-29H,2,6-9,12-13,15,18H2,1H3/t25-,28?,29-/m0/s1. The molecule has 1 aromatic carbocycles. The number of amides is 1. The minimum atomic E-state index is 0.0150. The minimum absolute atomic E-state index is 0.0150. The van der Waals surface area contributed by atoms with Crippen molar-refractivity contribution in [2.45, 2.75) is 57.1 Å². The molecule has 7 nitrogen and oxygen atoms in total. The molecule has 1 saturated heterocycles. The lowest BCUT2D eigenvalue weighted by Crippen LogP contribution is -2.57. The van der Waals surface area contributed by atoms with Gasteiger partial charge in [0.05, 0.1) is 18.1 Å². The molecule has 3 aliphatic carbocycles. The topological polar surface area (TPSA) is 82.3 Å². The number of nitriles is 1. The average molecular weight is 508 g/mol. The number of carbonyl (C=O) groups excluding carboxylic acids is 1. The molecule has 2 aromatic heterocycles. The highest BCUT2D eigenvalue weighted by molar-refractivity contribution is 5.98. The molecule has 3 heterocycles. The van der Waals surface area contributed by atoms with E-state index in [9.17, 15) is 10.1 Å². The molecule has 7 heteroatoms. The number of nitrogens with zero attached hydrogens (tertiary/aromatic N) is 5. The lowest BCUT2D eigenvalue weighted by Gasteiger charge is -2.43. The number of hydrogen-bond donors (Lipinski definition) is 0. The molecule has 1 unspecified atom stereocenters. The summed E-state index contributed by atoms with van der Waals surface area (Å²) in [5, 5.41) is 12.6. The van der Waals surface area contributed by atoms with Crippen molar-refractivity contribution in [3.63, 3.8) is 0 Å². The number of benzene rings is 1. The number of rotatable bonds is 7. The third kappa shape index (κ3) is 4.21. The summed E-state index contributed by atoms with van der Waals surface area (Å²) in [5.74, 6) is 2.05. The van der Waals surface area contributed by atoms with Gasteiger partial charge in [-0.1, -0.05) is 18.2 Å². The Morgan fingerprint density at radius 1 is 1.16 bits per heavy atom. The second kappa shape index (κ2) is 9.36. The Hall–Kier alpha value is -3.50. The zero-order valence-corrected chi connectivity index (χ0v) is 21.8. The van der Waals surface area contributed by atoms with Gasteiger partial charge in [-0.15, -0.1) is 0 Å². The summed E-state index contributed by atoms with van der Waals surface area (Å²) in [4.78, 5) is 27.3. The van der Waals surface area contributed by atoms with Crippen LogP contribution in [0.2, 0.25) is 0 Å². The summed E-state index contributed by atoms with van der Waals surface area (Å²) in [6, 6.07) is 13.1. The van der Waals surface area contributed by atoms with Gasteiger partial charge in [0.2, 0.25) is 5.91 Å². The number of anilines is 1. The molecule has 3 atom stereocenters. The summed E-state index contributed by atoms with van der Waals surface area (Å²) >= 11 is 0. The monoisotopic (exact) mass is 507 g/mol. The van der Waals surface area contributed by atoms with Crippen molar-refractivity contribution in [2.24, 2.45) is 11.8 Å². The average Bonchev–Trinajstić information content (AvgIpc) is 3.81. The Bertz CT molecular complexity index is 1430. The van der Waals surface area contributed by atoms with Crippen LogP contribution in [0.25, 0.3) is 21.9 Å². The van der Waals surface area contributed by atoms with Crippen LogP contribution in [-0.4, -0.2) is 59.2 Å². The van der Waals surface area contributed by atoms with Gasteiger partial charge in [-0.3, -0.25) is 9.78 Å². The molecule has 1 aliphatic heterocycles. The van der Waals surface area contributed by atoms with Crippen LogP contribution in [0.15, 0.2) is 42.7 Å². The van der Waals surface area contributed by atoms with E-state index < -0.39 is 0 Å². The highest BCUT2D eigenvalue weighted by atomic mass is 16.5. The first-order chi connectivity index (χ1) is 18.7. The summed E-state index contributed by atoms with van der Waals surface area (Å²) in [6.07, 6.45) is 9.24. The third-order valence-electron chi connectivity index (χ3n) is 8.70. The number of carbonyl (C=O) groups is 1. The van der Waals surface area contributed by atoms with Crippen LogP contribution in [0.5, 0.6) is 0 Å². The highest BCUT2D eigenvalue weighted by Gasteiger charge is 2.50. The predicted molar refractivity (Wildman–Crippen MR) is 146 cm³/mol. The first kappa shape index (κ1) is 23.6. The fraction of sp³-hybridized carbons (Fsp3) is 0.484. The number of aromatic nitrogens is 2. The molecular formula is C31H33N5O2. The van der Waals surface area contributed by atoms with Crippen LogP contribution in [0, 0.1) is 23.2 Å². The van der Waals surface area contributed by atoms with Crippen LogP contribution in [0.1, 0.15) is 56.2 Å². The van der Waals surface area contributed by atoms with Gasteiger partial charge in [0.1, 0.15) is 17.5 Å². The van der Waals surface area contributed by atoms with Gasteiger partial charge in [0.15, 0.2) is 0 Å². The number of piperazine rings is 1. The molecule has 3 aromatic rings. The Labute approximate surface area is 223 Å². The van der Waals surface area contributed by atoms with Gasteiger partial charge in [0.25, 0.3) is 0 Å². The Morgan fingerprint density at radius 2 is 2.03 bits per heavy atom. The maximum atomic E-state index is 13.4. The fourth-order valence-corrected chi connectivity index (χ4v) is 6.25. The smallest absolute Gasteiger partial charge is 0.228 e. The molecule has 0 spiro atoms. The van der Waals surface area contributed by atoms with Crippen LogP contribution < -0.4 is 4.90 Å². The normalized spacial score (nSPS) is 24.9. The number of hydrogen-bond acceptors (Lipinski definition) is 6. The molecule has 3 saturated carbocycles. The predicted octanol–water partition coefficient (Wildman–Crippen LogP) is 4.90. The van der Waals surface area contributed by atoms with Crippen molar-refractivity contribution in [1.29, 1.82) is 5.26 Å². The first-order valence-corrected chi connectivity index (χ1v) is 14.1. The van der Waals surface area contributed by atoms with Gasteiger partial charge in [-0.05, 0) is 68.0 Å². The largest absolute Gasteiger partial charge is 0.378 e. The molecule has 0 bridgehead atoms. The zero-order chi connectivity index (χ0) is 25.8. The van der Waals surface area contributed by atoms with Gasteiger partial charge >= 0.3 is 0 Å². The maximum Gasteiger partial charge on any atom is 0.228 e. The van der Waals surface area contributed by atoms with Crippen molar-refractivity contribution in [3.8, 4) is 17.2 Å². The summed E-state index contributed by atoms with van der Waals surface area (Å²) in [5.41, 5.74) is 3.72. The van der Waals surface area contributed by atoms with E-state index in [2.05, 4.69) is 39.1 Å². The zero-order valence-electron chi connectivity index (χ0n) is 21.8. The lowest BCUT2D eigenvalue weighted by atomic mass is 9.94. The molecular weight excluding hydrogens is 474 g/mol. The molecule has 1 amide bonds. The van der Waals surface area contributed by atoms with Gasteiger partial charge < -0.3 is 14.5 Å². The van der Waals surface area contributed by atoms with E-state index >= 15 is 0 Å².